The van der Waals surface area contributed by atoms with E-state index in [2.05, 4.69) is 0 Å². The van der Waals surface area contributed by atoms with E-state index in [1.165, 1.54) is 0 Å². The van der Waals surface area contributed by atoms with Crippen molar-refractivity contribution in [1.29, 1.82) is 0 Å². The van der Waals surface area contributed by atoms with Crippen LogP contribution in [0.5, 0.6) is 0 Å². The zero-order valence-electron chi connectivity index (χ0n) is 5.15. The van der Waals surface area contributed by atoms with Crippen molar-refractivity contribution in [2.24, 2.45) is 0 Å². The van der Waals surface area contributed by atoms with Crippen molar-refractivity contribution in [3.8, 4) is 0 Å². The van der Waals surface area contributed by atoms with Crippen LogP contribution in [0.2, 0.25) is 5.02 Å². The van der Waals surface area contributed by atoms with Gasteiger partial charge in [-0.1, -0.05) is 0 Å². The largest absolute Gasteiger partial charge is 1.00 e. The third-order valence-electron chi connectivity index (χ3n) is 0.713. The molecule has 0 spiro atoms. The first-order chi connectivity index (χ1) is 3.18. The second kappa shape index (κ2) is 5.71. The van der Waals surface area contributed by atoms with Crippen molar-refractivity contribution < 1.29 is 40.1 Å². The SMILES string of the molecule is [13CH3]N([13CH3])C(=O)[CH2][Zn+].[Br-]. The molecule has 0 bridgehead atoms. The predicted molar refractivity (Wildman–Crippen MR) is 23.5 cm³/mol. The van der Waals surface area contributed by atoms with Crippen LogP contribution in [0.1, 0.15) is 0 Å². The van der Waals surface area contributed by atoms with Crippen LogP contribution in [-0.2, 0) is 23.1 Å². The molecular formula is C4H8BrNOZn. The van der Waals surface area contributed by atoms with Crippen LogP contribution < -0.4 is 17.0 Å². The van der Waals surface area contributed by atoms with Gasteiger partial charge >= 0.3 is 53.0 Å². The molecule has 0 aliphatic carbocycles. The molecule has 0 N–H and O–H groups in total. The van der Waals surface area contributed by atoms with Crippen molar-refractivity contribution in [2.75, 3.05) is 14.1 Å². The number of nitrogens with zero attached hydrogens (tertiary/aromatic N) is 1. The number of rotatable bonds is 1. The van der Waals surface area contributed by atoms with E-state index in [1.807, 2.05) is 0 Å². The molecule has 0 aromatic heterocycles. The summed E-state index contributed by atoms with van der Waals surface area (Å²) in [6.07, 6.45) is 0. The number of carbonyl (C=O) groups excluding carboxylic acids is 1. The summed E-state index contributed by atoms with van der Waals surface area (Å²) in [5.41, 5.74) is 0. The molecule has 0 unspecified atom stereocenters. The molecule has 0 heterocycles. The van der Waals surface area contributed by atoms with Crippen LogP contribution in [0.3, 0.4) is 0 Å². The number of hydrogen-bond acceptors (Lipinski definition) is 1. The zero-order chi connectivity index (χ0) is 5.86. The first-order valence-electron chi connectivity index (χ1n) is 2.18. The second-order valence-electron chi connectivity index (χ2n) is 1.54. The Bertz CT molecular complexity index is 76.4. The number of carbonyl (C=O) groups is 1. The molecule has 44 valence electrons. The van der Waals surface area contributed by atoms with E-state index < -0.39 is 0 Å². The van der Waals surface area contributed by atoms with E-state index in [0.29, 0.717) is 0 Å². The van der Waals surface area contributed by atoms with Gasteiger partial charge in [-0.05, 0) is 0 Å². The fourth-order valence-corrected chi connectivity index (χ4v) is 1.16. The van der Waals surface area contributed by atoms with Gasteiger partial charge in [0.2, 0.25) is 0 Å². The minimum atomic E-state index is 0. The molecule has 0 saturated carbocycles. The fourth-order valence-electron chi connectivity index (χ4n) is 0.224. The van der Waals surface area contributed by atoms with Crippen LogP contribution in [0.4, 0.5) is 0 Å². The number of amides is 1. The fraction of sp³-hybridized carbons (Fsp3) is 0.750. The monoisotopic (exact) mass is 231 g/mol. The molecule has 0 aromatic carbocycles. The van der Waals surface area contributed by atoms with Crippen LogP contribution in [-0.4, -0.2) is 24.9 Å². The molecule has 2 nitrogen and oxygen atoms in total. The van der Waals surface area contributed by atoms with Gasteiger partial charge in [-0.15, -0.1) is 0 Å². The molecule has 0 atom stereocenters. The summed E-state index contributed by atoms with van der Waals surface area (Å²) in [5, 5.41) is 0.729. The normalized spacial score (nSPS) is 7.50. The maximum absolute atomic E-state index is 10.5. The Morgan fingerprint density at radius 1 is 1.62 bits per heavy atom. The van der Waals surface area contributed by atoms with Gasteiger partial charge in [0.15, 0.2) is 0 Å². The van der Waals surface area contributed by atoms with Gasteiger partial charge in [0, 0.05) is 0 Å². The Kier molecular flexibility index (Phi) is 8.12. The first kappa shape index (κ1) is 11.4. The Hall–Kier alpha value is 0.573. The summed E-state index contributed by atoms with van der Waals surface area (Å²) in [4.78, 5) is 12.1. The van der Waals surface area contributed by atoms with E-state index in [0.717, 1.165) is 23.3 Å². The summed E-state index contributed by atoms with van der Waals surface area (Å²) < 4.78 is 0. The second-order valence-corrected chi connectivity index (χ2v) is 2.59. The van der Waals surface area contributed by atoms with Crippen molar-refractivity contribution in [3.05, 3.63) is 0 Å². The maximum atomic E-state index is 10.5. The van der Waals surface area contributed by atoms with E-state index >= 15 is 0 Å². The van der Waals surface area contributed by atoms with Crippen molar-refractivity contribution >= 4 is 5.91 Å². The van der Waals surface area contributed by atoms with Gasteiger partial charge in [0.25, 0.3) is 0 Å². The number of halogens is 1. The number of hydrogen-bond donors (Lipinski definition) is 0. The summed E-state index contributed by atoms with van der Waals surface area (Å²) in [5.74, 6) is 0.236. The summed E-state index contributed by atoms with van der Waals surface area (Å²) >= 11 is 1.07. The zero-order valence-corrected chi connectivity index (χ0v) is 9.70. The molecule has 0 aliphatic rings. The van der Waals surface area contributed by atoms with Crippen molar-refractivity contribution in [2.45, 2.75) is 5.02 Å². The Balaban J connectivity index is 0. The van der Waals surface area contributed by atoms with Gasteiger partial charge in [-0.2, -0.15) is 0 Å². The quantitative estimate of drug-likeness (QED) is 0.350. The van der Waals surface area contributed by atoms with Crippen molar-refractivity contribution in [1.82, 2.24) is 4.90 Å². The maximum Gasteiger partial charge on any atom is -1.00 e. The summed E-state index contributed by atoms with van der Waals surface area (Å²) in [7, 11) is 3.55. The minimum Gasteiger partial charge on any atom is -1.00 e. The third-order valence-corrected chi connectivity index (χ3v) is 1.61. The molecule has 8 heavy (non-hydrogen) atoms. The van der Waals surface area contributed by atoms with Gasteiger partial charge in [-0.3, -0.25) is 0 Å². The van der Waals surface area contributed by atoms with Gasteiger partial charge in [-0.25, -0.2) is 0 Å². The first-order valence-corrected chi connectivity index (χ1v) is 4.27. The Morgan fingerprint density at radius 2 is 2.00 bits per heavy atom. The Morgan fingerprint density at radius 3 is 2.00 bits per heavy atom. The van der Waals surface area contributed by atoms with Gasteiger partial charge < -0.3 is 17.0 Å². The molecule has 0 rings (SSSR count). The van der Waals surface area contributed by atoms with Crippen LogP contribution in [0.15, 0.2) is 0 Å². The minimum absolute atomic E-state index is 0. The van der Waals surface area contributed by atoms with E-state index in [9.17, 15) is 4.79 Å². The molecular weight excluding hydrogens is 225 g/mol. The average Bonchev–Trinajstić information content (AvgIpc) is 1.65. The van der Waals surface area contributed by atoms with E-state index in [4.69, 9.17) is 0 Å². The van der Waals surface area contributed by atoms with E-state index in [1.54, 1.807) is 19.0 Å². The molecule has 0 saturated heterocycles. The van der Waals surface area contributed by atoms with Gasteiger partial charge in [0.05, 0.1) is 0 Å². The standard InChI is InChI=1S/C4H8NO.BrH.Zn/c1-4(6)5(2)3;;/h1H2,2-3H3;1H;/q;;+1/p-1/i2+1,3+1;;. The predicted octanol–water partition coefficient (Wildman–Crippen LogP) is -2.96. The molecule has 0 aliphatic heterocycles. The molecule has 0 aromatic rings. The van der Waals surface area contributed by atoms with Crippen LogP contribution in [0.25, 0.3) is 0 Å². The third kappa shape index (κ3) is 4.73. The molecule has 0 radical (unpaired) electrons. The van der Waals surface area contributed by atoms with Crippen molar-refractivity contribution in [3.63, 3.8) is 0 Å². The van der Waals surface area contributed by atoms with Crippen LogP contribution in [0, 0.1) is 0 Å². The Labute approximate surface area is 70.1 Å². The van der Waals surface area contributed by atoms with Crippen LogP contribution >= 0.6 is 0 Å². The van der Waals surface area contributed by atoms with Gasteiger partial charge in [0.1, 0.15) is 0 Å². The topological polar surface area (TPSA) is 20.3 Å². The molecule has 4 heteroatoms. The summed E-state index contributed by atoms with van der Waals surface area (Å²) in [6.45, 7) is 0. The molecule has 1 amide bonds. The molecule has 0 fully saturated rings. The average molecular weight is 233 g/mol. The smallest absolute Gasteiger partial charge is 1.00 e. The van der Waals surface area contributed by atoms with E-state index in [-0.39, 0.29) is 22.9 Å². The summed E-state index contributed by atoms with van der Waals surface area (Å²) in [6, 6.07) is 0.